The summed E-state index contributed by atoms with van der Waals surface area (Å²) >= 11 is 0. The number of nitrogens with zero attached hydrogens (tertiary/aromatic N) is 1. The van der Waals surface area contributed by atoms with Gasteiger partial charge in [0, 0.05) is 23.4 Å². The van der Waals surface area contributed by atoms with Crippen molar-refractivity contribution in [1.82, 2.24) is 0 Å². The van der Waals surface area contributed by atoms with Gasteiger partial charge in [-0.05, 0) is 25.3 Å². The van der Waals surface area contributed by atoms with Gasteiger partial charge >= 0.3 is 0 Å². The lowest BCUT2D eigenvalue weighted by Gasteiger charge is -2.19. The van der Waals surface area contributed by atoms with Crippen LogP contribution in [0.5, 0.6) is 0 Å². The van der Waals surface area contributed by atoms with Crippen molar-refractivity contribution in [2.75, 3.05) is 11.9 Å². The predicted octanol–water partition coefficient (Wildman–Crippen LogP) is 2.72. The lowest BCUT2D eigenvalue weighted by atomic mass is 10.0. The van der Waals surface area contributed by atoms with E-state index in [1.165, 1.54) is 6.07 Å². The molecule has 0 saturated heterocycles. The van der Waals surface area contributed by atoms with Crippen LogP contribution in [0.2, 0.25) is 0 Å². The molecule has 0 amide bonds. The fraction of sp³-hybridized carbons (Fsp3) is 0.538. The molecule has 0 spiro atoms. The number of benzene rings is 1. The molecule has 0 bridgehead atoms. The molecule has 1 unspecified atom stereocenters. The Balaban J connectivity index is 2.83. The van der Waals surface area contributed by atoms with Gasteiger partial charge in [0.25, 0.3) is 5.69 Å². The highest BCUT2D eigenvalue weighted by Gasteiger charge is 2.14. The average Bonchev–Trinajstić information content (AvgIpc) is 2.29. The van der Waals surface area contributed by atoms with E-state index < -0.39 is 4.92 Å². The van der Waals surface area contributed by atoms with E-state index in [9.17, 15) is 15.2 Å². The zero-order chi connectivity index (χ0) is 13.7. The van der Waals surface area contributed by atoms with Crippen molar-refractivity contribution in [3.05, 3.63) is 33.9 Å². The van der Waals surface area contributed by atoms with Crippen LogP contribution in [0.1, 0.15) is 25.8 Å². The zero-order valence-corrected chi connectivity index (χ0v) is 11.0. The summed E-state index contributed by atoms with van der Waals surface area (Å²) in [6, 6.07) is 4.95. The molecule has 5 nitrogen and oxygen atoms in total. The van der Waals surface area contributed by atoms with Crippen molar-refractivity contribution in [3.8, 4) is 0 Å². The van der Waals surface area contributed by atoms with Crippen LogP contribution in [0.4, 0.5) is 11.4 Å². The molecule has 0 heterocycles. The second kappa shape index (κ2) is 6.35. The first kappa shape index (κ1) is 14.4. The van der Waals surface area contributed by atoms with Crippen LogP contribution in [0.25, 0.3) is 0 Å². The second-order valence-electron chi connectivity index (χ2n) is 4.91. The Morgan fingerprint density at radius 1 is 1.44 bits per heavy atom. The summed E-state index contributed by atoms with van der Waals surface area (Å²) < 4.78 is 0. The van der Waals surface area contributed by atoms with E-state index in [2.05, 4.69) is 19.2 Å². The molecule has 0 fully saturated rings. The minimum absolute atomic E-state index is 0.0137. The highest BCUT2D eigenvalue weighted by molar-refractivity contribution is 5.55. The van der Waals surface area contributed by atoms with E-state index in [-0.39, 0.29) is 18.3 Å². The topological polar surface area (TPSA) is 75.4 Å². The van der Waals surface area contributed by atoms with Crippen molar-refractivity contribution in [3.63, 3.8) is 0 Å². The molecule has 0 aliphatic heterocycles. The summed E-state index contributed by atoms with van der Waals surface area (Å²) in [5, 5.41) is 23.2. The fourth-order valence-electron chi connectivity index (χ4n) is 1.88. The third-order valence-corrected chi connectivity index (χ3v) is 2.75. The first-order chi connectivity index (χ1) is 8.43. The van der Waals surface area contributed by atoms with Crippen LogP contribution in [0.15, 0.2) is 18.2 Å². The molecule has 0 radical (unpaired) electrons. The van der Waals surface area contributed by atoms with Gasteiger partial charge in [0.05, 0.1) is 11.5 Å². The Bertz CT molecular complexity index is 419. The number of nitro benzene ring substituents is 1. The molecule has 0 aliphatic carbocycles. The minimum atomic E-state index is -0.392. The second-order valence-corrected chi connectivity index (χ2v) is 4.91. The fourth-order valence-corrected chi connectivity index (χ4v) is 1.88. The molecule has 18 heavy (non-hydrogen) atoms. The summed E-state index contributed by atoms with van der Waals surface area (Å²) in [7, 11) is 0. The summed E-state index contributed by atoms with van der Waals surface area (Å²) in [4.78, 5) is 10.4. The monoisotopic (exact) mass is 252 g/mol. The van der Waals surface area contributed by atoms with E-state index in [0.717, 1.165) is 6.42 Å². The van der Waals surface area contributed by atoms with Crippen LogP contribution < -0.4 is 5.32 Å². The predicted molar refractivity (Wildman–Crippen MR) is 71.8 cm³/mol. The maximum atomic E-state index is 10.8. The van der Waals surface area contributed by atoms with Gasteiger partial charge in [-0.1, -0.05) is 19.9 Å². The highest BCUT2D eigenvalue weighted by Crippen LogP contribution is 2.23. The molecule has 1 aromatic carbocycles. The van der Waals surface area contributed by atoms with Crippen molar-refractivity contribution in [1.29, 1.82) is 0 Å². The molecule has 1 aromatic rings. The zero-order valence-electron chi connectivity index (χ0n) is 11.0. The van der Waals surface area contributed by atoms with Crippen molar-refractivity contribution >= 4 is 11.4 Å². The molecule has 100 valence electrons. The molecular formula is C13H20N2O3. The normalized spacial score (nSPS) is 12.5. The number of aliphatic hydroxyl groups excluding tert-OH is 1. The van der Waals surface area contributed by atoms with Crippen molar-refractivity contribution < 1.29 is 10.0 Å². The first-order valence-corrected chi connectivity index (χ1v) is 6.06. The highest BCUT2D eigenvalue weighted by atomic mass is 16.6. The minimum Gasteiger partial charge on any atom is -0.394 e. The lowest BCUT2D eigenvalue weighted by Crippen LogP contribution is -2.25. The molecule has 2 N–H and O–H groups in total. The number of aryl methyl sites for hydroxylation is 1. The Hall–Kier alpha value is -1.62. The van der Waals surface area contributed by atoms with Crippen LogP contribution in [0.3, 0.4) is 0 Å². The summed E-state index contributed by atoms with van der Waals surface area (Å²) in [5.41, 5.74) is 1.41. The number of rotatable bonds is 6. The summed E-state index contributed by atoms with van der Waals surface area (Å²) in [5.74, 6) is 0.454. The number of nitrogens with one attached hydrogen (secondary N) is 1. The van der Waals surface area contributed by atoms with Gasteiger partial charge in [-0.15, -0.1) is 0 Å². The molecular weight excluding hydrogens is 232 g/mol. The standard InChI is InChI=1S/C13H20N2O3/c1-9(2)6-12(8-16)14-11-5-4-10(3)13(7-11)15(17)18/h4-5,7,9,12,14,16H,6,8H2,1-3H3. The van der Waals surface area contributed by atoms with Crippen molar-refractivity contribution in [2.45, 2.75) is 33.2 Å². The molecule has 1 atom stereocenters. The first-order valence-electron chi connectivity index (χ1n) is 6.06. The third-order valence-electron chi connectivity index (χ3n) is 2.75. The number of hydrogen-bond donors (Lipinski definition) is 2. The Morgan fingerprint density at radius 2 is 2.11 bits per heavy atom. The summed E-state index contributed by atoms with van der Waals surface area (Å²) in [6.45, 7) is 5.86. The maximum Gasteiger partial charge on any atom is 0.274 e. The number of hydrogen-bond acceptors (Lipinski definition) is 4. The molecule has 0 aromatic heterocycles. The Morgan fingerprint density at radius 3 is 2.61 bits per heavy atom. The van der Waals surface area contributed by atoms with Crippen LogP contribution in [0, 0.1) is 23.0 Å². The van der Waals surface area contributed by atoms with Gasteiger partial charge in [0.1, 0.15) is 0 Å². The largest absolute Gasteiger partial charge is 0.394 e. The average molecular weight is 252 g/mol. The van der Waals surface area contributed by atoms with Gasteiger partial charge in [0.15, 0.2) is 0 Å². The Kier molecular flexibility index (Phi) is 5.09. The molecule has 0 saturated carbocycles. The van der Waals surface area contributed by atoms with E-state index in [0.29, 0.717) is 17.2 Å². The van der Waals surface area contributed by atoms with Crippen LogP contribution in [-0.2, 0) is 0 Å². The quantitative estimate of drug-likeness (QED) is 0.603. The number of aliphatic hydroxyl groups is 1. The van der Waals surface area contributed by atoms with Gasteiger partial charge in [-0.2, -0.15) is 0 Å². The van der Waals surface area contributed by atoms with E-state index in [1.807, 2.05) is 0 Å². The van der Waals surface area contributed by atoms with E-state index >= 15 is 0 Å². The SMILES string of the molecule is Cc1ccc(NC(CO)CC(C)C)cc1[N+](=O)[O-]. The lowest BCUT2D eigenvalue weighted by molar-refractivity contribution is -0.385. The molecule has 0 aliphatic rings. The maximum absolute atomic E-state index is 10.8. The smallest absolute Gasteiger partial charge is 0.274 e. The van der Waals surface area contributed by atoms with E-state index in [4.69, 9.17) is 0 Å². The van der Waals surface area contributed by atoms with Gasteiger partial charge in [-0.3, -0.25) is 10.1 Å². The molecule has 5 heteroatoms. The van der Waals surface area contributed by atoms with Crippen LogP contribution >= 0.6 is 0 Å². The van der Waals surface area contributed by atoms with Crippen molar-refractivity contribution in [2.24, 2.45) is 5.92 Å². The molecule has 1 rings (SSSR count). The number of anilines is 1. The van der Waals surface area contributed by atoms with Crippen LogP contribution in [-0.4, -0.2) is 22.7 Å². The van der Waals surface area contributed by atoms with E-state index in [1.54, 1.807) is 19.1 Å². The Labute approximate surface area is 107 Å². The number of nitro groups is 1. The van der Waals surface area contributed by atoms with Gasteiger partial charge in [-0.25, -0.2) is 0 Å². The summed E-state index contributed by atoms with van der Waals surface area (Å²) in [6.07, 6.45) is 0.818. The third kappa shape index (κ3) is 4.00. The van der Waals surface area contributed by atoms with Gasteiger partial charge in [0.2, 0.25) is 0 Å². The van der Waals surface area contributed by atoms with Gasteiger partial charge < -0.3 is 10.4 Å².